The highest BCUT2D eigenvalue weighted by Gasteiger charge is 2.30. The Bertz CT molecular complexity index is 593. The molecule has 1 rings (SSSR count). The smallest absolute Gasteiger partial charge is 0.321 e. The van der Waals surface area contributed by atoms with Crippen molar-refractivity contribution in [2.24, 2.45) is 0 Å². The number of carboxylic acid groups (broad SMARTS) is 1. The number of carboxylic acids is 1. The van der Waals surface area contributed by atoms with Crippen LogP contribution in [-0.2, 0) is 21.1 Å². The van der Waals surface area contributed by atoms with Gasteiger partial charge in [-0.15, -0.1) is 0 Å². The molecule has 1 aromatic carbocycles. The summed E-state index contributed by atoms with van der Waals surface area (Å²) in [5, 5.41) is 17.9. The molecule has 0 saturated carbocycles. The summed E-state index contributed by atoms with van der Waals surface area (Å²) < 4.78 is 23.7. The molecule has 0 aliphatic heterocycles. The summed E-state index contributed by atoms with van der Waals surface area (Å²) in [4.78, 5) is 20.8. The molecule has 0 saturated heterocycles. The summed E-state index contributed by atoms with van der Waals surface area (Å²) >= 11 is 0. The normalized spacial score (nSPS) is 12.8. The van der Waals surface area contributed by atoms with Crippen molar-refractivity contribution in [1.82, 2.24) is 0 Å². The molecule has 1 atom stereocenters. The molecule has 0 radical (unpaired) electrons. The Morgan fingerprint density at radius 3 is 2.30 bits per heavy atom. The van der Waals surface area contributed by atoms with Crippen molar-refractivity contribution in [3.8, 4) is 0 Å². The lowest BCUT2D eigenvalue weighted by Crippen LogP contribution is -2.32. The zero-order valence-corrected chi connectivity index (χ0v) is 11.7. The number of hydrogen-bond acceptors (Lipinski definition) is 5. The largest absolute Gasteiger partial charge is 0.480 e. The Hall–Kier alpha value is -1.96. The Morgan fingerprint density at radius 2 is 1.90 bits per heavy atom. The zero-order chi connectivity index (χ0) is 15.3. The molecule has 1 unspecified atom stereocenters. The first-order chi connectivity index (χ1) is 9.27. The fourth-order valence-electron chi connectivity index (χ4n) is 1.77. The van der Waals surface area contributed by atoms with Crippen LogP contribution in [0.5, 0.6) is 0 Å². The van der Waals surface area contributed by atoms with Crippen molar-refractivity contribution in [3.63, 3.8) is 0 Å². The van der Waals surface area contributed by atoms with Gasteiger partial charge in [-0.25, -0.2) is 8.42 Å². The van der Waals surface area contributed by atoms with E-state index in [0.29, 0.717) is 5.56 Å². The summed E-state index contributed by atoms with van der Waals surface area (Å²) in [6.45, 7) is 1.50. The Kier molecular flexibility index (Phi) is 5.20. The highest BCUT2D eigenvalue weighted by molar-refractivity contribution is 7.92. The van der Waals surface area contributed by atoms with E-state index in [1.54, 1.807) is 0 Å². The van der Waals surface area contributed by atoms with Gasteiger partial charge in [0.15, 0.2) is 15.1 Å². The van der Waals surface area contributed by atoms with Crippen LogP contribution in [0, 0.1) is 10.1 Å². The standard InChI is InChI=1S/C12H15NO6S/c1-2-11(12(14)15)20(18,19)8-7-9-3-5-10(6-4-9)13(16)17/h3-6,11H,2,7-8H2,1H3,(H,14,15). The number of nitrogens with zero attached hydrogens (tertiary/aromatic N) is 1. The second-order valence-corrected chi connectivity index (χ2v) is 6.58. The number of rotatable bonds is 7. The van der Waals surface area contributed by atoms with E-state index in [4.69, 9.17) is 5.11 Å². The van der Waals surface area contributed by atoms with E-state index in [1.165, 1.54) is 31.2 Å². The maximum atomic E-state index is 11.9. The van der Waals surface area contributed by atoms with Gasteiger partial charge in [-0.05, 0) is 18.4 Å². The van der Waals surface area contributed by atoms with Crippen LogP contribution in [0.15, 0.2) is 24.3 Å². The molecular weight excluding hydrogens is 286 g/mol. The predicted molar refractivity (Wildman–Crippen MR) is 72.3 cm³/mol. The number of aliphatic carboxylic acids is 1. The summed E-state index contributed by atoms with van der Waals surface area (Å²) in [7, 11) is -3.73. The second kappa shape index (κ2) is 6.47. The SMILES string of the molecule is CCC(C(=O)O)S(=O)(=O)CCc1ccc([N+](=O)[O-])cc1. The first kappa shape index (κ1) is 16.1. The molecule has 1 aromatic rings. The van der Waals surface area contributed by atoms with E-state index in [-0.39, 0.29) is 24.3 Å². The summed E-state index contributed by atoms with van der Waals surface area (Å²) in [5.74, 6) is -1.65. The molecule has 110 valence electrons. The third kappa shape index (κ3) is 4.02. The van der Waals surface area contributed by atoms with Crippen LogP contribution in [0.1, 0.15) is 18.9 Å². The summed E-state index contributed by atoms with van der Waals surface area (Å²) in [6, 6.07) is 5.51. The molecule has 0 aromatic heterocycles. The van der Waals surface area contributed by atoms with Gasteiger partial charge in [-0.1, -0.05) is 19.1 Å². The molecule has 20 heavy (non-hydrogen) atoms. The number of carbonyl (C=O) groups is 1. The monoisotopic (exact) mass is 301 g/mol. The van der Waals surface area contributed by atoms with Crippen molar-refractivity contribution in [1.29, 1.82) is 0 Å². The minimum Gasteiger partial charge on any atom is -0.480 e. The lowest BCUT2D eigenvalue weighted by Gasteiger charge is -2.11. The lowest BCUT2D eigenvalue weighted by molar-refractivity contribution is -0.384. The number of benzene rings is 1. The molecule has 0 aliphatic rings. The summed E-state index contributed by atoms with van der Waals surface area (Å²) in [6.07, 6.45) is 0.141. The van der Waals surface area contributed by atoms with Gasteiger partial charge >= 0.3 is 5.97 Å². The van der Waals surface area contributed by atoms with Gasteiger partial charge in [0.25, 0.3) is 5.69 Å². The highest BCUT2D eigenvalue weighted by Crippen LogP contribution is 2.14. The number of non-ortho nitro benzene ring substituents is 1. The summed E-state index contributed by atoms with van der Waals surface area (Å²) in [5.41, 5.74) is 0.535. The molecule has 0 bridgehead atoms. The molecule has 8 heteroatoms. The second-order valence-electron chi connectivity index (χ2n) is 4.28. The van der Waals surface area contributed by atoms with Crippen molar-refractivity contribution >= 4 is 21.5 Å². The molecule has 1 N–H and O–H groups in total. The zero-order valence-electron chi connectivity index (χ0n) is 10.9. The van der Waals surface area contributed by atoms with Crippen LogP contribution in [0.25, 0.3) is 0 Å². The minimum atomic E-state index is -3.73. The van der Waals surface area contributed by atoms with Gasteiger partial charge in [0.1, 0.15) is 0 Å². The molecule has 0 fully saturated rings. The van der Waals surface area contributed by atoms with E-state index in [0.717, 1.165) is 0 Å². The van der Waals surface area contributed by atoms with Crippen LogP contribution in [-0.4, -0.2) is 35.4 Å². The molecule has 0 amide bonds. The number of aryl methyl sites for hydroxylation is 1. The molecule has 0 heterocycles. The van der Waals surface area contributed by atoms with Crippen LogP contribution in [0.2, 0.25) is 0 Å². The minimum absolute atomic E-state index is 0.0118. The number of hydrogen-bond donors (Lipinski definition) is 1. The predicted octanol–water partition coefficient (Wildman–Crippen LogP) is 1.42. The first-order valence-electron chi connectivity index (χ1n) is 5.95. The third-order valence-corrected chi connectivity index (χ3v) is 5.08. The fraction of sp³-hybridized carbons (Fsp3) is 0.417. The van der Waals surface area contributed by atoms with Gasteiger partial charge in [-0.3, -0.25) is 14.9 Å². The number of nitro groups is 1. The highest BCUT2D eigenvalue weighted by atomic mass is 32.2. The van der Waals surface area contributed by atoms with Gasteiger partial charge in [0.2, 0.25) is 0 Å². The van der Waals surface area contributed by atoms with Crippen molar-refractivity contribution in [2.45, 2.75) is 25.0 Å². The molecular formula is C12H15NO6S. The van der Waals surface area contributed by atoms with Gasteiger partial charge < -0.3 is 5.11 Å². The Morgan fingerprint density at radius 1 is 1.35 bits per heavy atom. The van der Waals surface area contributed by atoms with E-state index in [1.807, 2.05) is 0 Å². The van der Waals surface area contributed by atoms with Crippen LogP contribution in [0.4, 0.5) is 5.69 Å². The van der Waals surface area contributed by atoms with Crippen LogP contribution < -0.4 is 0 Å². The Balaban J connectivity index is 2.75. The average molecular weight is 301 g/mol. The number of sulfone groups is 1. The van der Waals surface area contributed by atoms with E-state index in [9.17, 15) is 23.3 Å². The third-order valence-electron chi connectivity index (χ3n) is 2.90. The van der Waals surface area contributed by atoms with Crippen LogP contribution >= 0.6 is 0 Å². The quantitative estimate of drug-likeness (QED) is 0.601. The maximum Gasteiger partial charge on any atom is 0.321 e. The van der Waals surface area contributed by atoms with E-state index >= 15 is 0 Å². The van der Waals surface area contributed by atoms with Gasteiger partial charge in [0, 0.05) is 12.1 Å². The van der Waals surface area contributed by atoms with E-state index in [2.05, 4.69) is 0 Å². The van der Waals surface area contributed by atoms with Crippen molar-refractivity contribution in [2.75, 3.05) is 5.75 Å². The molecule has 0 aliphatic carbocycles. The fourth-order valence-corrected chi connectivity index (χ4v) is 3.39. The number of nitro benzene ring substituents is 1. The van der Waals surface area contributed by atoms with Crippen molar-refractivity contribution in [3.05, 3.63) is 39.9 Å². The van der Waals surface area contributed by atoms with E-state index < -0.39 is 26.0 Å². The Labute approximate surface area is 116 Å². The van der Waals surface area contributed by atoms with Gasteiger partial charge in [-0.2, -0.15) is 0 Å². The first-order valence-corrected chi connectivity index (χ1v) is 7.67. The van der Waals surface area contributed by atoms with Crippen molar-refractivity contribution < 1.29 is 23.2 Å². The van der Waals surface area contributed by atoms with Gasteiger partial charge in [0.05, 0.1) is 10.7 Å². The lowest BCUT2D eigenvalue weighted by atomic mass is 10.1. The molecule has 0 spiro atoms. The maximum absolute atomic E-state index is 11.9. The van der Waals surface area contributed by atoms with Crippen LogP contribution in [0.3, 0.4) is 0 Å². The average Bonchev–Trinajstić information content (AvgIpc) is 2.37. The topological polar surface area (TPSA) is 115 Å². The molecule has 7 nitrogen and oxygen atoms in total.